The van der Waals surface area contributed by atoms with E-state index in [2.05, 4.69) is 10.6 Å². The lowest BCUT2D eigenvalue weighted by Gasteiger charge is -2.13. The summed E-state index contributed by atoms with van der Waals surface area (Å²) >= 11 is 0. The highest BCUT2D eigenvalue weighted by Crippen LogP contribution is 2.21. The minimum Gasteiger partial charge on any atom is -0.307 e. The molecule has 120 valence electrons. The van der Waals surface area contributed by atoms with Gasteiger partial charge in [-0.25, -0.2) is 4.79 Å². The van der Waals surface area contributed by atoms with E-state index in [1.807, 2.05) is 52.8 Å². The second-order valence-electron chi connectivity index (χ2n) is 6.06. The van der Waals surface area contributed by atoms with Gasteiger partial charge in [0.1, 0.15) is 0 Å². The van der Waals surface area contributed by atoms with Gasteiger partial charge in [0.25, 0.3) is 5.91 Å². The summed E-state index contributed by atoms with van der Waals surface area (Å²) < 4.78 is 0. The molecule has 0 aliphatic carbocycles. The minimum absolute atomic E-state index is 0.406. The first-order valence-corrected chi connectivity index (χ1v) is 7.54. The van der Waals surface area contributed by atoms with Crippen molar-refractivity contribution in [1.29, 1.82) is 0 Å². The molecule has 0 radical (unpaired) electrons. The molecule has 2 rings (SSSR count). The van der Waals surface area contributed by atoms with Crippen molar-refractivity contribution in [1.82, 2.24) is 5.32 Å². The molecule has 0 aromatic heterocycles. The molecular weight excluding hydrogens is 288 g/mol. The zero-order valence-electron chi connectivity index (χ0n) is 14.2. The molecule has 0 bridgehead atoms. The molecule has 2 N–H and O–H groups in total. The van der Waals surface area contributed by atoms with Gasteiger partial charge in [0.15, 0.2) is 0 Å². The van der Waals surface area contributed by atoms with Crippen LogP contribution in [-0.4, -0.2) is 11.9 Å². The Morgan fingerprint density at radius 1 is 0.739 bits per heavy atom. The number of hydrogen-bond acceptors (Lipinski definition) is 2. The number of nitrogens with one attached hydrogen (secondary N) is 2. The van der Waals surface area contributed by atoms with Crippen molar-refractivity contribution in [2.24, 2.45) is 0 Å². The highest BCUT2D eigenvalue weighted by molar-refractivity contribution is 6.08. The van der Waals surface area contributed by atoms with E-state index >= 15 is 0 Å². The first-order valence-electron chi connectivity index (χ1n) is 7.54. The molecule has 0 spiro atoms. The van der Waals surface area contributed by atoms with Crippen LogP contribution in [0.25, 0.3) is 0 Å². The van der Waals surface area contributed by atoms with Gasteiger partial charge in [-0.3, -0.25) is 10.1 Å². The number of amides is 3. The quantitative estimate of drug-likeness (QED) is 0.873. The second-order valence-corrected chi connectivity index (χ2v) is 6.06. The molecule has 0 atom stereocenters. The van der Waals surface area contributed by atoms with Crippen LogP contribution in [-0.2, 0) is 0 Å². The molecule has 4 nitrogen and oxygen atoms in total. The van der Waals surface area contributed by atoms with E-state index in [4.69, 9.17) is 0 Å². The molecule has 2 aromatic rings. The van der Waals surface area contributed by atoms with Gasteiger partial charge >= 0.3 is 6.03 Å². The topological polar surface area (TPSA) is 58.2 Å². The molecule has 0 fully saturated rings. The number of aryl methyl sites for hydroxylation is 5. The molecule has 3 amide bonds. The van der Waals surface area contributed by atoms with Crippen LogP contribution in [0.2, 0.25) is 0 Å². The Morgan fingerprint density at radius 3 is 1.74 bits per heavy atom. The third-order valence-corrected chi connectivity index (χ3v) is 3.63. The van der Waals surface area contributed by atoms with Crippen LogP contribution < -0.4 is 10.6 Å². The third kappa shape index (κ3) is 4.19. The van der Waals surface area contributed by atoms with E-state index in [1.165, 1.54) is 0 Å². The van der Waals surface area contributed by atoms with E-state index in [9.17, 15) is 9.59 Å². The molecule has 0 saturated carbocycles. The lowest BCUT2D eigenvalue weighted by atomic mass is 10.1. The largest absolute Gasteiger partial charge is 0.326 e. The van der Waals surface area contributed by atoms with E-state index in [1.54, 1.807) is 12.1 Å². The van der Waals surface area contributed by atoms with Crippen molar-refractivity contribution in [2.75, 3.05) is 5.32 Å². The summed E-state index contributed by atoms with van der Waals surface area (Å²) in [4.78, 5) is 24.3. The number of benzene rings is 2. The highest BCUT2D eigenvalue weighted by Gasteiger charge is 2.13. The number of carbonyl (C=O) groups excluding carboxylic acids is 2. The van der Waals surface area contributed by atoms with Gasteiger partial charge in [-0.1, -0.05) is 34.9 Å². The fourth-order valence-electron chi connectivity index (χ4n) is 2.80. The Hall–Kier alpha value is -2.62. The van der Waals surface area contributed by atoms with Crippen LogP contribution >= 0.6 is 0 Å². The van der Waals surface area contributed by atoms with E-state index < -0.39 is 11.9 Å². The summed E-state index contributed by atoms with van der Waals surface area (Å²) in [7, 11) is 0. The Kier molecular flexibility index (Phi) is 4.84. The lowest BCUT2D eigenvalue weighted by molar-refractivity contribution is 0.0967. The van der Waals surface area contributed by atoms with Crippen molar-refractivity contribution in [3.05, 3.63) is 63.7 Å². The van der Waals surface area contributed by atoms with Gasteiger partial charge in [-0.15, -0.1) is 0 Å². The number of imide groups is 1. The monoisotopic (exact) mass is 310 g/mol. The van der Waals surface area contributed by atoms with Crippen LogP contribution in [0, 0.1) is 34.6 Å². The Labute approximate surface area is 136 Å². The van der Waals surface area contributed by atoms with Gasteiger partial charge in [-0.05, 0) is 57.9 Å². The number of urea groups is 1. The smallest absolute Gasteiger partial charge is 0.307 e. The summed E-state index contributed by atoms with van der Waals surface area (Å²) in [6, 6.07) is 8.97. The standard InChI is InChI=1S/C19H22N2O2/c1-11-6-12(2)10-16(9-11)18(22)21-19(23)20-17-14(4)7-13(3)8-15(17)5/h6-10H,1-5H3,(H2,20,21,22,23). The fourth-order valence-corrected chi connectivity index (χ4v) is 2.80. The SMILES string of the molecule is Cc1cc(C)cc(C(=O)NC(=O)Nc2c(C)cc(C)cc2C)c1. The Balaban J connectivity index is 2.12. The van der Waals surface area contributed by atoms with E-state index in [-0.39, 0.29) is 0 Å². The third-order valence-electron chi connectivity index (χ3n) is 3.63. The van der Waals surface area contributed by atoms with Crippen LogP contribution in [0.4, 0.5) is 10.5 Å². The van der Waals surface area contributed by atoms with Crippen molar-refractivity contribution < 1.29 is 9.59 Å². The first kappa shape index (κ1) is 16.7. The molecule has 4 heteroatoms. The van der Waals surface area contributed by atoms with Crippen molar-refractivity contribution in [3.63, 3.8) is 0 Å². The van der Waals surface area contributed by atoms with Gasteiger partial charge in [0.2, 0.25) is 0 Å². The van der Waals surface area contributed by atoms with Crippen LogP contribution in [0.5, 0.6) is 0 Å². The van der Waals surface area contributed by atoms with Crippen molar-refractivity contribution >= 4 is 17.6 Å². The van der Waals surface area contributed by atoms with Crippen LogP contribution in [0.1, 0.15) is 38.2 Å². The Bertz CT molecular complexity index is 736. The molecule has 0 heterocycles. The predicted octanol–water partition coefficient (Wildman–Crippen LogP) is 4.19. The van der Waals surface area contributed by atoms with E-state index in [0.717, 1.165) is 33.5 Å². The van der Waals surface area contributed by atoms with Crippen molar-refractivity contribution in [2.45, 2.75) is 34.6 Å². The maximum absolute atomic E-state index is 12.2. The Morgan fingerprint density at radius 2 is 1.22 bits per heavy atom. The van der Waals surface area contributed by atoms with Gasteiger partial charge in [-0.2, -0.15) is 0 Å². The van der Waals surface area contributed by atoms with Gasteiger partial charge in [0.05, 0.1) is 0 Å². The number of hydrogen-bond donors (Lipinski definition) is 2. The van der Waals surface area contributed by atoms with Gasteiger partial charge in [0, 0.05) is 11.3 Å². The van der Waals surface area contributed by atoms with E-state index in [0.29, 0.717) is 5.56 Å². The summed E-state index contributed by atoms with van der Waals surface area (Å²) in [5, 5.41) is 5.14. The minimum atomic E-state index is -0.524. The number of carbonyl (C=O) groups is 2. The average molecular weight is 310 g/mol. The predicted molar refractivity (Wildman–Crippen MR) is 93.1 cm³/mol. The highest BCUT2D eigenvalue weighted by atomic mass is 16.2. The number of rotatable bonds is 2. The zero-order valence-corrected chi connectivity index (χ0v) is 14.2. The normalized spacial score (nSPS) is 10.3. The molecule has 0 aliphatic heterocycles. The first-order chi connectivity index (χ1) is 10.8. The van der Waals surface area contributed by atoms with Crippen LogP contribution in [0.15, 0.2) is 30.3 Å². The fraction of sp³-hybridized carbons (Fsp3) is 0.263. The molecule has 0 aliphatic rings. The van der Waals surface area contributed by atoms with Crippen molar-refractivity contribution in [3.8, 4) is 0 Å². The van der Waals surface area contributed by atoms with Crippen LogP contribution in [0.3, 0.4) is 0 Å². The summed E-state index contributed by atoms with van der Waals surface area (Å²) in [6.07, 6.45) is 0. The molecule has 23 heavy (non-hydrogen) atoms. The van der Waals surface area contributed by atoms with Gasteiger partial charge < -0.3 is 5.32 Å². The second kappa shape index (κ2) is 6.65. The molecule has 2 aromatic carbocycles. The molecular formula is C19H22N2O2. The summed E-state index contributed by atoms with van der Waals surface area (Å²) in [5.41, 5.74) is 6.27. The molecule has 0 unspecified atom stereocenters. The number of anilines is 1. The lowest BCUT2D eigenvalue weighted by Crippen LogP contribution is -2.34. The average Bonchev–Trinajstić information content (AvgIpc) is 2.41. The molecule has 0 saturated heterocycles. The summed E-state index contributed by atoms with van der Waals surface area (Å²) in [6.45, 7) is 9.71. The summed E-state index contributed by atoms with van der Waals surface area (Å²) in [5.74, 6) is -0.406. The zero-order chi connectivity index (χ0) is 17.1. The maximum atomic E-state index is 12.2. The maximum Gasteiger partial charge on any atom is 0.326 e.